The first-order chi connectivity index (χ1) is 12.6. The van der Waals surface area contributed by atoms with Crippen LogP contribution < -0.4 is 0 Å². The minimum Gasteiger partial charge on any atom is -0.296 e. The van der Waals surface area contributed by atoms with Crippen LogP contribution in [0.1, 0.15) is 25.0 Å². The van der Waals surface area contributed by atoms with E-state index in [2.05, 4.69) is 4.99 Å². The molecule has 0 bridgehead atoms. The summed E-state index contributed by atoms with van der Waals surface area (Å²) >= 11 is 7.26. The molecule has 2 rings (SSSR count). The molecule has 0 aliphatic heterocycles. The second kappa shape index (κ2) is 9.10. The molecular weight excluding hydrogens is 402 g/mol. The lowest BCUT2D eigenvalue weighted by atomic mass is 10.2. The summed E-state index contributed by atoms with van der Waals surface area (Å²) < 4.78 is 29.0. The zero-order valence-corrected chi connectivity index (χ0v) is 18.4. The molecular formula is C19H24ClN3O2S2. The summed E-state index contributed by atoms with van der Waals surface area (Å²) in [5, 5.41) is 0.553. The summed E-state index contributed by atoms with van der Waals surface area (Å²) in [7, 11) is -1.90. The average molecular weight is 426 g/mol. The van der Waals surface area contributed by atoms with Crippen LogP contribution in [0, 0.1) is 13.8 Å². The summed E-state index contributed by atoms with van der Waals surface area (Å²) in [5.41, 5.74) is 2.70. The van der Waals surface area contributed by atoms with Gasteiger partial charge in [0.2, 0.25) is 0 Å². The van der Waals surface area contributed by atoms with Gasteiger partial charge in [0.25, 0.3) is 10.0 Å². The molecule has 0 amide bonds. The van der Waals surface area contributed by atoms with Gasteiger partial charge in [0.1, 0.15) is 6.34 Å². The van der Waals surface area contributed by atoms with Gasteiger partial charge in [-0.15, -0.1) is 3.71 Å². The predicted octanol–water partition coefficient (Wildman–Crippen LogP) is 5.21. The quantitative estimate of drug-likeness (QED) is 0.347. The van der Waals surface area contributed by atoms with Gasteiger partial charge in [-0.1, -0.05) is 35.4 Å². The fourth-order valence-corrected chi connectivity index (χ4v) is 5.22. The maximum atomic E-state index is 13.0. The monoisotopic (exact) mass is 425 g/mol. The van der Waals surface area contributed by atoms with Crippen molar-refractivity contribution in [2.45, 2.75) is 38.6 Å². The highest BCUT2D eigenvalue weighted by atomic mass is 35.5. The fraction of sp³-hybridized carbons (Fsp3) is 0.316. The molecule has 0 atom stereocenters. The molecule has 27 heavy (non-hydrogen) atoms. The van der Waals surface area contributed by atoms with Crippen LogP contribution in [-0.4, -0.2) is 35.9 Å². The molecule has 0 radical (unpaired) electrons. The molecule has 0 aliphatic rings. The lowest BCUT2D eigenvalue weighted by Gasteiger charge is -2.27. The van der Waals surface area contributed by atoms with Gasteiger partial charge in [-0.3, -0.25) is 4.31 Å². The molecule has 0 aromatic heterocycles. The second-order valence-corrected chi connectivity index (χ2v) is 10.1. The summed E-state index contributed by atoms with van der Waals surface area (Å²) in [5.74, 6) is 0. The minimum absolute atomic E-state index is 0.236. The van der Waals surface area contributed by atoms with Gasteiger partial charge in [0, 0.05) is 13.1 Å². The van der Waals surface area contributed by atoms with E-state index in [4.69, 9.17) is 11.6 Å². The summed E-state index contributed by atoms with van der Waals surface area (Å²) in [6, 6.07) is 12.2. The molecule has 8 heteroatoms. The highest BCUT2D eigenvalue weighted by Crippen LogP contribution is 2.29. The lowest BCUT2D eigenvalue weighted by Crippen LogP contribution is -2.34. The van der Waals surface area contributed by atoms with Gasteiger partial charge in [0.15, 0.2) is 0 Å². The van der Waals surface area contributed by atoms with Crippen molar-refractivity contribution < 1.29 is 8.42 Å². The SMILES string of the molecule is Cc1ccc(S(=O)(=O)N(SN(C)/C=N/c2ccc(C)cc2Cl)C(C)C)cc1. The van der Waals surface area contributed by atoms with Crippen LogP contribution in [0.3, 0.4) is 0 Å². The third kappa shape index (κ3) is 5.72. The van der Waals surface area contributed by atoms with Crippen molar-refractivity contribution in [3.63, 3.8) is 0 Å². The first kappa shape index (κ1) is 21.8. The fourth-order valence-electron chi connectivity index (χ4n) is 2.24. The number of hydrogen-bond acceptors (Lipinski definition) is 4. The molecule has 0 heterocycles. The van der Waals surface area contributed by atoms with Crippen LogP contribution in [0.2, 0.25) is 5.02 Å². The largest absolute Gasteiger partial charge is 0.296 e. The number of halogens is 1. The Morgan fingerprint density at radius 1 is 1.07 bits per heavy atom. The van der Waals surface area contributed by atoms with Crippen LogP contribution >= 0.6 is 23.7 Å². The summed E-state index contributed by atoms with van der Waals surface area (Å²) in [6.07, 6.45) is 1.56. The van der Waals surface area contributed by atoms with Crippen LogP contribution in [0.15, 0.2) is 52.4 Å². The smallest absolute Gasteiger partial charge is 0.253 e. The van der Waals surface area contributed by atoms with Crippen molar-refractivity contribution in [2.75, 3.05) is 7.05 Å². The Labute approximate surface area is 171 Å². The third-order valence-corrected chi connectivity index (χ3v) is 7.44. The van der Waals surface area contributed by atoms with E-state index in [1.165, 1.54) is 3.71 Å². The van der Waals surface area contributed by atoms with E-state index >= 15 is 0 Å². The van der Waals surface area contributed by atoms with E-state index in [-0.39, 0.29) is 10.9 Å². The number of nitrogens with zero attached hydrogens (tertiary/aromatic N) is 3. The Hall–Kier alpha value is -1.54. The van der Waals surface area contributed by atoms with Crippen molar-refractivity contribution in [1.29, 1.82) is 0 Å². The molecule has 5 nitrogen and oxygen atoms in total. The van der Waals surface area contributed by atoms with E-state index in [0.29, 0.717) is 10.7 Å². The number of aliphatic imine (C=N–C) groups is 1. The van der Waals surface area contributed by atoms with Gasteiger partial charge in [-0.2, -0.15) is 0 Å². The van der Waals surface area contributed by atoms with Crippen LogP contribution in [-0.2, 0) is 10.0 Å². The number of benzene rings is 2. The Morgan fingerprint density at radius 2 is 1.67 bits per heavy atom. The van der Waals surface area contributed by atoms with Crippen LogP contribution in [0.25, 0.3) is 0 Å². The van der Waals surface area contributed by atoms with Crippen LogP contribution in [0.5, 0.6) is 0 Å². The van der Waals surface area contributed by atoms with E-state index in [0.717, 1.165) is 23.3 Å². The van der Waals surface area contributed by atoms with Gasteiger partial charge < -0.3 is 0 Å². The maximum absolute atomic E-state index is 13.0. The third-order valence-electron chi connectivity index (χ3n) is 3.65. The molecule has 0 saturated carbocycles. The topological polar surface area (TPSA) is 53.0 Å². The van der Waals surface area contributed by atoms with E-state index in [1.54, 1.807) is 42.0 Å². The molecule has 0 fully saturated rings. The van der Waals surface area contributed by atoms with Crippen molar-refractivity contribution in [2.24, 2.45) is 4.99 Å². The molecule has 0 saturated heterocycles. The molecule has 0 unspecified atom stereocenters. The second-order valence-electron chi connectivity index (χ2n) is 6.49. The normalized spacial score (nSPS) is 12.3. The van der Waals surface area contributed by atoms with Crippen molar-refractivity contribution in [3.05, 3.63) is 58.6 Å². The Bertz CT molecular complexity index is 913. The number of sulfonamides is 1. The first-order valence-corrected chi connectivity index (χ1v) is 11.0. The molecule has 2 aromatic carbocycles. The van der Waals surface area contributed by atoms with Crippen molar-refractivity contribution in [1.82, 2.24) is 8.02 Å². The van der Waals surface area contributed by atoms with Crippen LogP contribution in [0.4, 0.5) is 5.69 Å². The number of aryl methyl sites for hydroxylation is 2. The van der Waals surface area contributed by atoms with Gasteiger partial charge in [-0.05, 0) is 57.5 Å². The van der Waals surface area contributed by atoms with E-state index in [9.17, 15) is 8.42 Å². The first-order valence-electron chi connectivity index (χ1n) is 8.43. The minimum atomic E-state index is -3.64. The highest BCUT2D eigenvalue weighted by Gasteiger charge is 2.29. The van der Waals surface area contributed by atoms with Gasteiger partial charge in [0.05, 0.1) is 27.7 Å². The van der Waals surface area contributed by atoms with Gasteiger partial charge in [-0.25, -0.2) is 13.4 Å². The van der Waals surface area contributed by atoms with Crippen molar-refractivity contribution >= 4 is 45.8 Å². The number of rotatable bonds is 7. The average Bonchev–Trinajstić information content (AvgIpc) is 2.59. The van der Waals surface area contributed by atoms with E-state index < -0.39 is 10.0 Å². The Morgan fingerprint density at radius 3 is 2.22 bits per heavy atom. The summed E-state index contributed by atoms with van der Waals surface area (Å²) in [6.45, 7) is 7.55. The Balaban J connectivity index is 2.19. The zero-order chi connectivity index (χ0) is 20.2. The molecule has 0 N–H and O–H groups in total. The summed E-state index contributed by atoms with van der Waals surface area (Å²) in [4.78, 5) is 4.62. The predicted molar refractivity (Wildman–Crippen MR) is 115 cm³/mol. The molecule has 146 valence electrons. The lowest BCUT2D eigenvalue weighted by molar-refractivity contribution is 0.495. The van der Waals surface area contributed by atoms with Gasteiger partial charge >= 0.3 is 0 Å². The highest BCUT2D eigenvalue weighted by molar-refractivity contribution is 8.07. The number of hydrogen-bond donors (Lipinski definition) is 0. The molecule has 0 spiro atoms. The Kier molecular flexibility index (Phi) is 7.33. The maximum Gasteiger partial charge on any atom is 0.253 e. The molecule has 0 aliphatic carbocycles. The van der Waals surface area contributed by atoms with Crippen molar-refractivity contribution in [3.8, 4) is 0 Å². The van der Waals surface area contributed by atoms with E-state index in [1.807, 2.05) is 45.9 Å². The zero-order valence-electron chi connectivity index (χ0n) is 16.0. The molecule has 2 aromatic rings. The standard InChI is InChI=1S/C19H24ClN3O2S2/c1-14(2)23(27(24,25)17-9-6-15(3)7-10-17)26-22(5)13-21-19-11-8-16(4)12-18(19)20/h6-14H,1-5H3/b21-13+.